The molecule has 1 N–H and O–H groups in total. The molecule has 20 heavy (non-hydrogen) atoms. The Bertz CT molecular complexity index is 687. The van der Waals surface area contributed by atoms with Crippen LogP contribution >= 0.6 is 11.3 Å². The van der Waals surface area contributed by atoms with Crippen molar-refractivity contribution in [3.8, 4) is 0 Å². The van der Waals surface area contributed by atoms with Crippen molar-refractivity contribution in [2.75, 3.05) is 7.05 Å². The lowest BCUT2D eigenvalue weighted by atomic mass is 10.1. The third kappa shape index (κ3) is 2.71. The van der Waals surface area contributed by atoms with Gasteiger partial charge < -0.3 is 5.32 Å². The molecule has 4 heteroatoms. The number of fused-ring (bicyclic) bond motifs is 1. The van der Waals surface area contributed by atoms with Gasteiger partial charge in [0, 0.05) is 24.9 Å². The number of aryl methyl sites for hydroxylation is 1. The monoisotopic (exact) mass is 283 g/mol. The summed E-state index contributed by atoms with van der Waals surface area (Å²) in [6.07, 6.45) is 4.70. The standard InChI is InChI=1S/C16H17N3S/c1-11-7-12(10-18-9-11)14(17-2)8-16-19-13-5-3-4-6-15(13)20-16/h3-7,9-10,14,17H,8H2,1-2H3. The van der Waals surface area contributed by atoms with Crippen LogP contribution in [0, 0.1) is 6.92 Å². The first kappa shape index (κ1) is 13.2. The lowest BCUT2D eigenvalue weighted by Gasteiger charge is -2.15. The lowest BCUT2D eigenvalue weighted by Crippen LogP contribution is -2.19. The molecule has 0 bridgehead atoms. The minimum atomic E-state index is 0.253. The number of thiazole rings is 1. The summed E-state index contributed by atoms with van der Waals surface area (Å²) in [7, 11) is 1.99. The highest BCUT2D eigenvalue weighted by molar-refractivity contribution is 7.18. The topological polar surface area (TPSA) is 37.8 Å². The fraction of sp³-hybridized carbons (Fsp3) is 0.250. The summed E-state index contributed by atoms with van der Waals surface area (Å²) in [6, 6.07) is 10.7. The molecular formula is C16H17N3S. The molecule has 0 saturated heterocycles. The maximum absolute atomic E-state index is 4.71. The first-order chi connectivity index (χ1) is 9.76. The highest BCUT2D eigenvalue weighted by Gasteiger charge is 2.13. The molecule has 0 spiro atoms. The van der Waals surface area contributed by atoms with Gasteiger partial charge in [-0.25, -0.2) is 4.98 Å². The maximum Gasteiger partial charge on any atom is 0.0957 e. The summed E-state index contributed by atoms with van der Waals surface area (Å²) in [5, 5.41) is 4.52. The zero-order chi connectivity index (χ0) is 13.9. The van der Waals surface area contributed by atoms with Crippen molar-refractivity contribution in [1.29, 1.82) is 0 Å². The summed E-state index contributed by atoms with van der Waals surface area (Å²) in [5.74, 6) is 0. The van der Waals surface area contributed by atoms with Gasteiger partial charge in [-0.15, -0.1) is 11.3 Å². The minimum Gasteiger partial charge on any atom is -0.313 e. The molecule has 3 nitrogen and oxygen atoms in total. The molecule has 3 aromatic rings. The van der Waals surface area contributed by atoms with E-state index >= 15 is 0 Å². The number of hydrogen-bond donors (Lipinski definition) is 1. The predicted molar refractivity (Wildman–Crippen MR) is 84.1 cm³/mol. The van der Waals surface area contributed by atoms with E-state index in [1.54, 1.807) is 11.3 Å². The van der Waals surface area contributed by atoms with Gasteiger partial charge in [-0.1, -0.05) is 18.2 Å². The van der Waals surface area contributed by atoms with Gasteiger partial charge in [-0.2, -0.15) is 0 Å². The van der Waals surface area contributed by atoms with Crippen molar-refractivity contribution in [3.63, 3.8) is 0 Å². The molecule has 1 aromatic carbocycles. The number of pyridine rings is 1. The summed E-state index contributed by atoms with van der Waals surface area (Å²) in [5.41, 5.74) is 3.49. The van der Waals surface area contributed by atoms with Gasteiger partial charge in [0.2, 0.25) is 0 Å². The largest absolute Gasteiger partial charge is 0.313 e. The Balaban J connectivity index is 1.87. The van der Waals surface area contributed by atoms with Gasteiger partial charge in [0.1, 0.15) is 0 Å². The Hall–Kier alpha value is -1.78. The maximum atomic E-state index is 4.71. The molecule has 0 aliphatic heterocycles. The van der Waals surface area contributed by atoms with Gasteiger partial charge in [0.15, 0.2) is 0 Å². The molecule has 102 valence electrons. The second-order valence-electron chi connectivity index (χ2n) is 4.92. The minimum absolute atomic E-state index is 0.253. The zero-order valence-corrected chi connectivity index (χ0v) is 12.4. The van der Waals surface area contributed by atoms with Crippen LogP contribution in [0.1, 0.15) is 22.2 Å². The van der Waals surface area contributed by atoms with Crippen molar-refractivity contribution in [2.45, 2.75) is 19.4 Å². The number of rotatable bonds is 4. The van der Waals surface area contributed by atoms with Crippen LogP contribution in [0.5, 0.6) is 0 Å². The van der Waals surface area contributed by atoms with E-state index in [-0.39, 0.29) is 6.04 Å². The highest BCUT2D eigenvalue weighted by atomic mass is 32.1. The first-order valence-corrected chi connectivity index (χ1v) is 7.51. The number of benzene rings is 1. The van der Waals surface area contributed by atoms with Crippen molar-refractivity contribution in [1.82, 2.24) is 15.3 Å². The van der Waals surface area contributed by atoms with Gasteiger partial charge in [-0.3, -0.25) is 4.98 Å². The van der Waals surface area contributed by atoms with E-state index in [1.807, 2.05) is 25.5 Å². The molecule has 2 aromatic heterocycles. The molecule has 0 aliphatic carbocycles. The lowest BCUT2D eigenvalue weighted by molar-refractivity contribution is 0.588. The number of nitrogens with one attached hydrogen (secondary N) is 1. The fourth-order valence-corrected chi connectivity index (χ4v) is 3.35. The number of para-hydroxylation sites is 1. The normalized spacial score (nSPS) is 12.7. The Kier molecular flexibility index (Phi) is 3.76. The Labute approximate surface area is 122 Å². The van der Waals surface area contributed by atoms with Crippen LogP contribution in [-0.4, -0.2) is 17.0 Å². The number of likely N-dealkylation sites (N-methyl/N-ethyl adjacent to an activating group) is 1. The van der Waals surface area contributed by atoms with Crippen LogP contribution in [0.15, 0.2) is 42.7 Å². The van der Waals surface area contributed by atoms with Gasteiger partial charge in [0.25, 0.3) is 0 Å². The summed E-state index contributed by atoms with van der Waals surface area (Å²) in [6.45, 7) is 2.07. The van der Waals surface area contributed by atoms with Gasteiger partial charge in [0.05, 0.1) is 15.2 Å². The molecule has 0 radical (unpaired) electrons. The molecular weight excluding hydrogens is 266 g/mol. The van der Waals surface area contributed by atoms with Crippen LogP contribution < -0.4 is 5.32 Å². The Morgan fingerprint density at radius 3 is 2.85 bits per heavy atom. The van der Waals surface area contributed by atoms with Crippen LogP contribution in [0.3, 0.4) is 0 Å². The molecule has 1 atom stereocenters. The van der Waals surface area contributed by atoms with Crippen LogP contribution in [0.25, 0.3) is 10.2 Å². The van der Waals surface area contributed by atoms with Crippen LogP contribution in [-0.2, 0) is 6.42 Å². The molecule has 3 rings (SSSR count). The Morgan fingerprint density at radius 2 is 2.10 bits per heavy atom. The number of aromatic nitrogens is 2. The smallest absolute Gasteiger partial charge is 0.0957 e. The molecule has 0 amide bonds. The van der Waals surface area contributed by atoms with E-state index in [0.29, 0.717) is 0 Å². The Morgan fingerprint density at radius 1 is 1.25 bits per heavy atom. The second-order valence-corrected chi connectivity index (χ2v) is 6.03. The van der Waals surface area contributed by atoms with E-state index in [0.717, 1.165) is 16.9 Å². The van der Waals surface area contributed by atoms with E-state index in [1.165, 1.54) is 15.8 Å². The van der Waals surface area contributed by atoms with E-state index in [9.17, 15) is 0 Å². The van der Waals surface area contributed by atoms with Crippen molar-refractivity contribution >= 4 is 21.6 Å². The third-order valence-electron chi connectivity index (χ3n) is 3.36. The fourth-order valence-electron chi connectivity index (χ4n) is 2.34. The van der Waals surface area contributed by atoms with Crippen molar-refractivity contribution < 1.29 is 0 Å². The second kappa shape index (κ2) is 5.69. The molecule has 0 fully saturated rings. The zero-order valence-electron chi connectivity index (χ0n) is 11.6. The summed E-state index contributed by atoms with van der Waals surface area (Å²) < 4.78 is 1.25. The summed E-state index contributed by atoms with van der Waals surface area (Å²) >= 11 is 1.77. The van der Waals surface area contributed by atoms with E-state index in [4.69, 9.17) is 4.98 Å². The van der Waals surface area contributed by atoms with Crippen molar-refractivity contribution in [2.24, 2.45) is 0 Å². The SMILES string of the molecule is CNC(Cc1nc2ccccc2s1)c1cncc(C)c1. The van der Waals surface area contributed by atoms with Gasteiger partial charge in [-0.05, 0) is 37.2 Å². The van der Waals surface area contributed by atoms with Gasteiger partial charge >= 0.3 is 0 Å². The number of hydrogen-bond acceptors (Lipinski definition) is 4. The quantitative estimate of drug-likeness (QED) is 0.796. The third-order valence-corrected chi connectivity index (χ3v) is 4.42. The average Bonchev–Trinajstić information content (AvgIpc) is 2.87. The molecule has 1 unspecified atom stereocenters. The average molecular weight is 283 g/mol. The van der Waals surface area contributed by atoms with Crippen molar-refractivity contribution in [3.05, 3.63) is 58.9 Å². The highest BCUT2D eigenvalue weighted by Crippen LogP contribution is 2.26. The summed E-state index contributed by atoms with van der Waals surface area (Å²) in [4.78, 5) is 8.99. The molecule has 0 saturated carbocycles. The molecule has 2 heterocycles. The van der Waals surface area contributed by atoms with Crippen LogP contribution in [0.2, 0.25) is 0 Å². The van der Waals surface area contributed by atoms with Crippen LogP contribution in [0.4, 0.5) is 0 Å². The molecule has 0 aliphatic rings. The first-order valence-electron chi connectivity index (χ1n) is 6.69. The van der Waals surface area contributed by atoms with E-state index in [2.05, 4.69) is 41.5 Å². The predicted octanol–water partition coefficient (Wildman–Crippen LogP) is 3.50. The number of nitrogens with zero attached hydrogens (tertiary/aromatic N) is 2. The van der Waals surface area contributed by atoms with E-state index < -0.39 is 0 Å².